The summed E-state index contributed by atoms with van der Waals surface area (Å²) in [6.45, 7) is 10.9. The van der Waals surface area contributed by atoms with Gasteiger partial charge < -0.3 is 9.73 Å². The number of hydrogen-bond donors (Lipinski definition) is 1. The molecule has 1 aromatic heterocycles. The van der Waals surface area contributed by atoms with Gasteiger partial charge in [0.05, 0.1) is 5.69 Å². The Balaban J connectivity index is 1.93. The lowest BCUT2D eigenvalue weighted by atomic mass is 9.97. The van der Waals surface area contributed by atoms with Crippen LogP contribution in [0, 0.1) is 12.8 Å². The predicted octanol–water partition coefficient (Wildman–Crippen LogP) is 2.19. The molecule has 0 aromatic carbocycles. The van der Waals surface area contributed by atoms with E-state index in [0.29, 0.717) is 6.04 Å². The fourth-order valence-corrected chi connectivity index (χ4v) is 2.53. The maximum Gasteiger partial charge on any atom is 0.181 e. The average molecular weight is 251 g/mol. The van der Waals surface area contributed by atoms with E-state index in [4.69, 9.17) is 4.42 Å². The highest BCUT2D eigenvalue weighted by atomic mass is 16.3. The number of nitrogens with one attached hydrogen (secondary N) is 1. The van der Waals surface area contributed by atoms with Crippen molar-refractivity contribution in [3.8, 4) is 0 Å². The number of nitrogens with zero attached hydrogens (tertiary/aromatic N) is 2. The van der Waals surface area contributed by atoms with E-state index in [0.717, 1.165) is 23.9 Å². The third-order valence-corrected chi connectivity index (χ3v) is 3.88. The van der Waals surface area contributed by atoms with Crippen LogP contribution in [0.25, 0.3) is 0 Å². The van der Waals surface area contributed by atoms with Crippen molar-refractivity contribution in [3.05, 3.63) is 17.8 Å². The van der Waals surface area contributed by atoms with Crippen LogP contribution in [0.1, 0.15) is 38.1 Å². The van der Waals surface area contributed by atoms with E-state index >= 15 is 0 Å². The van der Waals surface area contributed by atoms with Crippen LogP contribution in [0.4, 0.5) is 0 Å². The van der Waals surface area contributed by atoms with Crippen LogP contribution >= 0.6 is 0 Å². The summed E-state index contributed by atoms with van der Waals surface area (Å²) in [6.07, 6.45) is 4.13. The Kier molecular flexibility index (Phi) is 4.78. The SMILES string of the molecule is Cc1ocnc1CN(CC1CCNCC1)C(C)C. The molecule has 0 amide bonds. The Morgan fingerprint density at radius 1 is 1.44 bits per heavy atom. The Hall–Kier alpha value is -0.870. The van der Waals surface area contributed by atoms with Gasteiger partial charge in [0.1, 0.15) is 5.76 Å². The molecular formula is C14H25N3O. The van der Waals surface area contributed by atoms with Gasteiger partial charge in [0.2, 0.25) is 0 Å². The molecule has 0 saturated carbocycles. The lowest BCUT2D eigenvalue weighted by molar-refractivity contribution is 0.159. The molecule has 0 aliphatic carbocycles. The Bertz CT molecular complexity index is 356. The minimum Gasteiger partial charge on any atom is -0.448 e. The van der Waals surface area contributed by atoms with E-state index in [1.807, 2.05) is 6.92 Å². The lowest BCUT2D eigenvalue weighted by Crippen LogP contribution is -2.39. The molecule has 18 heavy (non-hydrogen) atoms. The van der Waals surface area contributed by atoms with Gasteiger partial charge in [0.15, 0.2) is 6.39 Å². The molecule has 1 saturated heterocycles. The largest absolute Gasteiger partial charge is 0.448 e. The number of piperidine rings is 1. The minimum absolute atomic E-state index is 0.552. The van der Waals surface area contributed by atoms with Crippen molar-refractivity contribution < 1.29 is 4.42 Å². The van der Waals surface area contributed by atoms with Gasteiger partial charge in [-0.05, 0) is 52.6 Å². The number of aromatic nitrogens is 1. The van der Waals surface area contributed by atoms with Crippen LogP contribution < -0.4 is 5.32 Å². The molecule has 1 aliphatic rings. The number of oxazole rings is 1. The van der Waals surface area contributed by atoms with Crippen molar-refractivity contribution in [2.45, 2.75) is 46.2 Å². The topological polar surface area (TPSA) is 41.3 Å². The van der Waals surface area contributed by atoms with Gasteiger partial charge in [-0.15, -0.1) is 0 Å². The second-order valence-corrected chi connectivity index (χ2v) is 5.57. The molecule has 4 heteroatoms. The molecule has 102 valence electrons. The van der Waals surface area contributed by atoms with Gasteiger partial charge in [0, 0.05) is 19.1 Å². The van der Waals surface area contributed by atoms with Crippen LogP contribution in [-0.2, 0) is 6.54 Å². The van der Waals surface area contributed by atoms with Crippen molar-refractivity contribution in [3.63, 3.8) is 0 Å². The van der Waals surface area contributed by atoms with Crippen LogP contribution in [0.2, 0.25) is 0 Å². The molecule has 4 nitrogen and oxygen atoms in total. The van der Waals surface area contributed by atoms with Crippen LogP contribution in [-0.4, -0.2) is 35.6 Å². The third kappa shape index (κ3) is 3.56. The smallest absolute Gasteiger partial charge is 0.181 e. The quantitative estimate of drug-likeness (QED) is 0.871. The first-order chi connectivity index (χ1) is 8.66. The Labute approximate surface area is 110 Å². The molecule has 1 aromatic rings. The normalized spacial score (nSPS) is 17.8. The molecule has 1 aliphatic heterocycles. The second-order valence-electron chi connectivity index (χ2n) is 5.57. The minimum atomic E-state index is 0.552. The maximum absolute atomic E-state index is 5.29. The van der Waals surface area contributed by atoms with Crippen molar-refractivity contribution in [2.75, 3.05) is 19.6 Å². The van der Waals surface area contributed by atoms with Gasteiger partial charge in [-0.1, -0.05) is 0 Å². The molecule has 1 N–H and O–H groups in total. The van der Waals surface area contributed by atoms with Crippen LogP contribution in [0.15, 0.2) is 10.8 Å². The first kappa shape index (κ1) is 13.6. The fourth-order valence-electron chi connectivity index (χ4n) is 2.53. The zero-order valence-corrected chi connectivity index (χ0v) is 11.8. The van der Waals surface area contributed by atoms with E-state index < -0.39 is 0 Å². The summed E-state index contributed by atoms with van der Waals surface area (Å²) in [7, 11) is 0. The monoisotopic (exact) mass is 251 g/mol. The average Bonchev–Trinajstić information content (AvgIpc) is 2.75. The summed E-state index contributed by atoms with van der Waals surface area (Å²) in [6, 6.07) is 0.552. The summed E-state index contributed by atoms with van der Waals surface area (Å²) in [4.78, 5) is 6.83. The maximum atomic E-state index is 5.29. The zero-order chi connectivity index (χ0) is 13.0. The fraction of sp³-hybridized carbons (Fsp3) is 0.786. The van der Waals surface area contributed by atoms with E-state index in [2.05, 4.69) is 29.0 Å². The predicted molar refractivity (Wildman–Crippen MR) is 72.4 cm³/mol. The molecule has 0 radical (unpaired) electrons. The van der Waals surface area contributed by atoms with Crippen LogP contribution in [0.3, 0.4) is 0 Å². The molecule has 0 unspecified atom stereocenters. The van der Waals surface area contributed by atoms with Crippen molar-refractivity contribution in [1.29, 1.82) is 0 Å². The first-order valence-corrected chi connectivity index (χ1v) is 7.00. The highest BCUT2D eigenvalue weighted by molar-refractivity contribution is 5.04. The lowest BCUT2D eigenvalue weighted by Gasteiger charge is -2.32. The molecule has 0 bridgehead atoms. The van der Waals surface area contributed by atoms with E-state index in [-0.39, 0.29) is 0 Å². The van der Waals surface area contributed by atoms with Crippen molar-refractivity contribution in [1.82, 2.24) is 15.2 Å². The van der Waals surface area contributed by atoms with Crippen LogP contribution in [0.5, 0.6) is 0 Å². The summed E-state index contributed by atoms with van der Waals surface area (Å²) in [5.74, 6) is 1.77. The molecule has 0 atom stereocenters. The van der Waals surface area contributed by atoms with Gasteiger partial charge >= 0.3 is 0 Å². The van der Waals surface area contributed by atoms with E-state index in [1.165, 1.54) is 32.5 Å². The molecule has 2 heterocycles. The van der Waals surface area contributed by atoms with Crippen molar-refractivity contribution in [2.24, 2.45) is 5.92 Å². The van der Waals surface area contributed by atoms with Gasteiger partial charge in [-0.25, -0.2) is 4.98 Å². The van der Waals surface area contributed by atoms with E-state index in [1.54, 1.807) is 6.39 Å². The summed E-state index contributed by atoms with van der Waals surface area (Å²) < 4.78 is 5.29. The van der Waals surface area contributed by atoms with E-state index in [9.17, 15) is 0 Å². The second kappa shape index (κ2) is 6.34. The third-order valence-electron chi connectivity index (χ3n) is 3.88. The zero-order valence-electron chi connectivity index (χ0n) is 11.8. The molecular weight excluding hydrogens is 226 g/mol. The van der Waals surface area contributed by atoms with Gasteiger partial charge in [0.25, 0.3) is 0 Å². The first-order valence-electron chi connectivity index (χ1n) is 7.00. The summed E-state index contributed by atoms with van der Waals surface area (Å²) in [5.41, 5.74) is 1.08. The molecule has 0 spiro atoms. The number of rotatable bonds is 5. The molecule has 1 fully saturated rings. The van der Waals surface area contributed by atoms with Gasteiger partial charge in [-0.3, -0.25) is 4.90 Å². The summed E-state index contributed by atoms with van der Waals surface area (Å²) in [5, 5.41) is 3.43. The molecule has 2 rings (SSSR count). The highest BCUT2D eigenvalue weighted by Gasteiger charge is 2.20. The summed E-state index contributed by atoms with van der Waals surface area (Å²) >= 11 is 0. The Morgan fingerprint density at radius 2 is 2.17 bits per heavy atom. The standard InChI is InChI=1S/C14H25N3O/c1-11(2)17(8-13-4-6-15-7-5-13)9-14-12(3)18-10-16-14/h10-11,13,15H,4-9H2,1-3H3. The highest BCUT2D eigenvalue weighted by Crippen LogP contribution is 2.18. The van der Waals surface area contributed by atoms with Crippen molar-refractivity contribution >= 4 is 0 Å². The number of hydrogen-bond acceptors (Lipinski definition) is 4. The van der Waals surface area contributed by atoms with Gasteiger partial charge in [-0.2, -0.15) is 0 Å². The Morgan fingerprint density at radius 3 is 2.72 bits per heavy atom. The number of aryl methyl sites for hydroxylation is 1.